The van der Waals surface area contributed by atoms with E-state index in [9.17, 15) is 9.59 Å². The number of hydrazine groups is 1. The summed E-state index contributed by atoms with van der Waals surface area (Å²) in [6.45, 7) is 6.79. The molecule has 0 aromatic heterocycles. The smallest absolute Gasteiger partial charge is 0.219 e. The highest BCUT2D eigenvalue weighted by Gasteiger charge is 2.30. The van der Waals surface area contributed by atoms with Crippen molar-refractivity contribution in [1.82, 2.24) is 14.9 Å². The average molecular weight is 350 g/mol. The first-order valence-corrected chi connectivity index (χ1v) is 8.97. The van der Waals surface area contributed by atoms with Crippen LogP contribution in [0.2, 0.25) is 5.02 Å². The predicted octanol–water partition coefficient (Wildman–Crippen LogP) is 2.31. The lowest BCUT2D eigenvalue weighted by Crippen LogP contribution is -2.56. The molecule has 0 atom stereocenters. The van der Waals surface area contributed by atoms with Gasteiger partial charge in [0, 0.05) is 62.7 Å². The van der Waals surface area contributed by atoms with E-state index in [-0.39, 0.29) is 17.6 Å². The van der Waals surface area contributed by atoms with Gasteiger partial charge in [-0.3, -0.25) is 9.59 Å². The summed E-state index contributed by atoms with van der Waals surface area (Å²) >= 11 is 5.89. The number of ketones is 1. The maximum Gasteiger partial charge on any atom is 0.219 e. The van der Waals surface area contributed by atoms with E-state index in [0.717, 1.165) is 57.7 Å². The van der Waals surface area contributed by atoms with E-state index in [1.54, 1.807) is 19.1 Å². The first-order valence-electron chi connectivity index (χ1n) is 8.59. The van der Waals surface area contributed by atoms with Gasteiger partial charge in [-0.25, -0.2) is 10.0 Å². The molecule has 1 aromatic rings. The summed E-state index contributed by atoms with van der Waals surface area (Å²) in [6, 6.07) is 7.19. The van der Waals surface area contributed by atoms with Gasteiger partial charge in [-0.05, 0) is 37.1 Å². The lowest BCUT2D eigenvalue weighted by molar-refractivity contribution is -0.135. The lowest BCUT2D eigenvalue weighted by atomic mass is 9.89. The number of piperidine rings is 1. The molecule has 2 aliphatic rings. The summed E-state index contributed by atoms with van der Waals surface area (Å²) in [5.74, 6) is 0.482. The zero-order chi connectivity index (χ0) is 17.1. The van der Waals surface area contributed by atoms with E-state index in [0.29, 0.717) is 5.02 Å². The molecule has 0 spiro atoms. The Balaban J connectivity index is 1.50. The molecule has 0 unspecified atom stereocenters. The average Bonchev–Trinajstić information content (AvgIpc) is 2.62. The summed E-state index contributed by atoms with van der Waals surface area (Å²) in [5, 5.41) is 5.34. The van der Waals surface area contributed by atoms with Gasteiger partial charge in [0.05, 0.1) is 0 Å². The Morgan fingerprint density at radius 1 is 0.917 bits per heavy atom. The van der Waals surface area contributed by atoms with Crippen molar-refractivity contribution in [1.29, 1.82) is 0 Å². The zero-order valence-corrected chi connectivity index (χ0v) is 14.8. The second-order valence-electron chi connectivity index (χ2n) is 6.56. The molecule has 3 rings (SSSR count). The van der Waals surface area contributed by atoms with Gasteiger partial charge in [0.2, 0.25) is 5.91 Å². The van der Waals surface area contributed by atoms with E-state index >= 15 is 0 Å². The fourth-order valence-corrected chi connectivity index (χ4v) is 3.68. The summed E-state index contributed by atoms with van der Waals surface area (Å²) in [6.07, 6.45) is 1.77. The first kappa shape index (κ1) is 17.4. The Kier molecular flexibility index (Phi) is 5.54. The minimum Gasteiger partial charge on any atom is -0.340 e. The SMILES string of the molecule is CC(=O)N1CCN(N2CCC(C(=O)c3ccc(Cl)cc3)CC2)CC1. The largest absolute Gasteiger partial charge is 0.340 e. The first-order chi connectivity index (χ1) is 11.5. The molecule has 0 bridgehead atoms. The van der Waals surface area contributed by atoms with Gasteiger partial charge in [0.15, 0.2) is 5.78 Å². The Morgan fingerprint density at radius 3 is 2.00 bits per heavy atom. The van der Waals surface area contributed by atoms with Crippen molar-refractivity contribution < 1.29 is 9.59 Å². The van der Waals surface area contributed by atoms with E-state index in [4.69, 9.17) is 11.6 Å². The predicted molar refractivity (Wildman–Crippen MR) is 93.9 cm³/mol. The molecule has 2 heterocycles. The maximum atomic E-state index is 12.6. The Bertz CT molecular complexity index is 589. The number of amides is 1. The van der Waals surface area contributed by atoms with Crippen LogP contribution in [0.1, 0.15) is 30.1 Å². The van der Waals surface area contributed by atoms with Crippen LogP contribution in [0.5, 0.6) is 0 Å². The molecule has 2 aliphatic heterocycles. The van der Waals surface area contributed by atoms with E-state index < -0.39 is 0 Å². The summed E-state index contributed by atoms with van der Waals surface area (Å²) in [5.41, 5.74) is 0.757. The number of carbonyl (C=O) groups is 2. The van der Waals surface area contributed by atoms with Gasteiger partial charge in [0.1, 0.15) is 0 Å². The zero-order valence-electron chi connectivity index (χ0n) is 14.1. The minimum absolute atomic E-state index is 0.0981. The summed E-state index contributed by atoms with van der Waals surface area (Å²) in [7, 11) is 0. The standard InChI is InChI=1S/C18H24ClN3O2/c1-14(23)20-10-12-22(13-11-20)21-8-6-16(7-9-21)18(24)15-2-4-17(19)5-3-15/h2-5,16H,6-13H2,1H3. The van der Waals surface area contributed by atoms with Crippen molar-refractivity contribution in [3.63, 3.8) is 0 Å². The number of halogens is 1. The number of rotatable bonds is 3. The quantitative estimate of drug-likeness (QED) is 0.785. The minimum atomic E-state index is 0.0981. The molecule has 5 nitrogen and oxygen atoms in total. The third-order valence-corrected chi connectivity index (χ3v) is 5.32. The molecule has 6 heteroatoms. The fraction of sp³-hybridized carbons (Fsp3) is 0.556. The van der Waals surface area contributed by atoms with Crippen molar-refractivity contribution in [2.45, 2.75) is 19.8 Å². The van der Waals surface area contributed by atoms with Gasteiger partial charge < -0.3 is 4.90 Å². The lowest BCUT2D eigenvalue weighted by Gasteiger charge is -2.43. The van der Waals surface area contributed by atoms with Crippen molar-refractivity contribution in [2.75, 3.05) is 39.3 Å². The highest BCUT2D eigenvalue weighted by atomic mass is 35.5. The highest BCUT2D eigenvalue weighted by molar-refractivity contribution is 6.30. The number of piperazine rings is 1. The molecular formula is C18H24ClN3O2. The number of hydrogen-bond acceptors (Lipinski definition) is 4. The molecule has 24 heavy (non-hydrogen) atoms. The fourth-order valence-electron chi connectivity index (χ4n) is 3.55. The van der Waals surface area contributed by atoms with Crippen molar-refractivity contribution in [3.8, 4) is 0 Å². The van der Waals surface area contributed by atoms with Gasteiger partial charge in [-0.1, -0.05) is 11.6 Å². The Labute approximate surface area is 148 Å². The number of nitrogens with zero attached hydrogens (tertiary/aromatic N) is 3. The van der Waals surface area contributed by atoms with Crippen LogP contribution < -0.4 is 0 Å². The van der Waals surface area contributed by atoms with Crippen LogP contribution in [0.3, 0.4) is 0 Å². The van der Waals surface area contributed by atoms with Crippen LogP contribution in [0.4, 0.5) is 0 Å². The summed E-state index contributed by atoms with van der Waals surface area (Å²) < 4.78 is 0. The van der Waals surface area contributed by atoms with E-state index in [1.165, 1.54) is 0 Å². The molecule has 1 amide bonds. The second-order valence-corrected chi connectivity index (χ2v) is 7.00. The second kappa shape index (κ2) is 7.64. The topological polar surface area (TPSA) is 43.9 Å². The molecular weight excluding hydrogens is 326 g/mol. The Morgan fingerprint density at radius 2 is 1.46 bits per heavy atom. The third kappa shape index (κ3) is 3.97. The van der Waals surface area contributed by atoms with E-state index in [1.807, 2.05) is 17.0 Å². The van der Waals surface area contributed by atoms with Gasteiger partial charge in [-0.15, -0.1) is 0 Å². The summed E-state index contributed by atoms with van der Waals surface area (Å²) in [4.78, 5) is 25.9. The van der Waals surface area contributed by atoms with Crippen LogP contribution in [0.15, 0.2) is 24.3 Å². The number of carbonyl (C=O) groups excluding carboxylic acids is 2. The number of benzene rings is 1. The third-order valence-electron chi connectivity index (χ3n) is 5.07. The van der Waals surface area contributed by atoms with Crippen molar-refractivity contribution in [2.24, 2.45) is 5.92 Å². The highest BCUT2D eigenvalue weighted by Crippen LogP contribution is 2.24. The Hall–Kier alpha value is -1.43. The van der Waals surface area contributed by atoms with Gasteiger partial charge >= 0.3 is 0 Å². The normalized spacial score (nSPS) is 21.0. The van der Waals surface area contributed by atoms with Crippen LogP contribution >= 0.6 is 11.6 Å². The van der Waals surface area contributed by atoms with Gasteiger partial charge in [-0.2, -0.15) is 0 Å². The number of hydrogen-bond donors (Lipinski definition) is 0. The molecule has 0 saturated carbocycles. The molecule has 2 saturated heterocycles. The van der Waals surface area contributed by atoms with Crippen LogP contribution in [0.25, 0.3) is 0 Å². The molecule has 0 radical (unpaired) electrons. The van der Waals surface area contributed by atoms with Crippen LogP contribution in [-0.4, -0.2) is 65.9 Å². The monoisotopic (exact) mass is 349 g/mol. The molecule has 1 aromatic carbocycles. The van der Waals surface area contributed by atoms with Crippen molar-refractivity contribution in [3.05, 3.63) is 34.9 Å². The maximum absolute atomic E-state index is 12.6. The van der Waals surface area contributed by atoms with E-state index in [2.05, 4.69) is 10.0 Å². The molecule has 2 fully saturated rings. The van der Waals surface area contributed by atoms with Crippen LogP contribution in [0, 0.1) is 5.92 Å². The number of Topliss-reactive ketones (excluding diaryl/α,β-unsaturated/α-hetero) is 1. The molecule has 0 N–H and O–H groups in total. The van der Waals surface area contributed by atoms with Crippen molar-refractivity contribution >= 4 is 23.3 Å². The van der Waals surface area contributed by atoms with Gasteiger partial charge in [0.25, 0.3) is 0 Å². The molecule has 0 aliphatic carbocycles. The van der Waals surface area contributed by atoms with Crippen LogP contribution in [-0.2, 0) is 4.79 Å². The molecule has 130 valence electrons.